The summed E-state index contributed by atoms with van der Waals surface area (Å²) in [4.78, 5) is 34.9. The van der Waals surface area contributed by atoms with E-state index in [1.54, 1.807) is 18.2 Å². The van der Waals surface area contributed by atoms with E-state index in [0.29, 0.717) is 6.42 Å². The molecule has 0 aliphatic carbocycles. The summed E-state index contributed by atoms with van der Waals surface area (Å²) in [6, 6.07) is 5.38. The van der Waals surface area contributed by atoms with E-state index >= 15 is 0 Å². The maximum absolute atomic E-state index is 12.1. The van der Waals surface area contributed by atoms with Gasteiger partial charge in [0.25, 0.3) is 5.91 Å². The molecule has 0 fully saturated rings. The molecule has 0 spiro atoms. The number of carbonyl (C=O) groups is 3. The summed E-state index contributed by atoms with van der Waals surface area (Å²) in [7, 11) is 1.27. The summed E-state index contributed by atoms with van der Waals surface area (Å²) in [5.74, 6) is -1.54. The van der Waals surface area contributed by atoms with Crippen LogP contribution >= 0.6 is 0 Å². The first kappa shape index (κ1) is 16.7. The molecule has 21 heavy (non-hydrogen) atoms. The van der Waals surface area contributed by atoms with Gasteiger partial charge in [-0.15, -0.1) is 0 Å². The first-order chi connectivity index (χ1) is 9.99. The van der Waals surface area contributed by atoms with Crippen LogP contribution in [0.2, 0.25) is 0 Å². The largest absolute Gasteiger partial charge is 0.465 e. The quantitative estimate of drug-likeness (QED) is 0.739. The monoisotopic (exact) mass is 292 g/mol. The van der Waals surface area contributed by atoms with Crippen LogP contribution in [0.4, 0.5) is 0 Å². The van der Waals surface area contributed by atoms with Crippen LogP contribution in [0.15, 0.2) is 24.3 Å². The van der Waals surface area contributed by atoms with Gasteiger partial charge >= 0.3 is 5.97 Å². The number of hydrogen-bond acceptors (Lipinski definition) is 4. The molecule has 1 aromatic rings. The van der Waals surface area contributed by atoms with Crippen LogP contribution in [-0.4, -0.2) is 30.9 Å². The summed E-state index contributed by atoms with van der Waals surface area (Å²) in [6.07, 6.45) is 2.18. The van der Waals surface area contributed by atoms with Crippen LogP contribution in [0, 0.1) is 0 Å². The maximum Gasteiger partial charge on any atom is 0.337 e. The molecular weight excluding hydrogens is 272 g/mol. The van der Waals surface area contributed by atoms with Crippen molar-refractivity contribution in [2.24, 2.45) is 5.73 Å². The van der Waals surface area contributed by atoms with Crippen molar-refractivity contribution in [1.82, 2.24) is 5.32 Å². The van der Waals surface area contributed by atoms with Crippen LogP contribution in [0.25, 0.3) is 0 Å². The molecule has 0 radical (unpaired) electrons. The first-order valence-electron chi connectivity index (χ1n) is 6.78. The minimum Gasteiger partial charge on any atom is -0.465 e. The molecule has 0 saturated heterocycles. The minimum atomic E-state index is -0.709. The number of primary amides is 1. The van der Waals surface area contributed by atoms with Crippen molar-refractivity contribution in [2.45, 2.75) is 32.2 Å². The molecule has 0 saturated carbocycles. The molecule has 6 heteroatoms. The highest BCUT2D eigenvalue weighted by molar-refractivity contribution is 5.99. The number of unbranched alkanes of at least 4 members (excludes halogenated alkanes) is 1. The lowest BCUT2D eigenvalue weighted by molar-refractivity contribution is -0.120. The zero-order valence-corrected chi connectivity index (χ0v) is 12.2. The Balaban J connectivity index is 2.82. The number of carbonyl (C=O) groups excluding carboxylic acids is 3. The van der Waals surface area contributed by atoms with Crippen LogP contribution in [-0.2, 0) is 9.53 Å². The number of amides is 2. The van der Waals surface area contributed by atoms with E-state index in [-0.39, 0.29) is 11.1 Å². The van der Waals surface area contributed by atoms with Gasteiger partial charge in [0.1, 0.15) is 6.04 Å². The summed E-state index contributed by atoms with van der Waals surface area (Å²) in [6.45, 7) is 1.99. The lowest BCUT2D eigenvalue weighted by Gasteiger charge is -2.15. The maximum atomic E-state index is 12.1. The number of hydrogen-bond donors (Lipinski definition) is 2. The Morgan fingerprint density at radius 2 is 1.95 bits per heavy atom. The molecule has 1 aromatic carbocycles. The Bertz CT molecular complexity index is 528. The predicted octanol–water partition coefficient (Wildman–Crippen LogP) is 1.25. The Morgan fingerprint density at radius 1 is 1.29 bits per heavy atom. The number of nitrogens with one attached hydrogen (secondary N) is 1. The first-order valence-corrected chi connectivity index (χ1v) is 6.78. The number of benzene rings is 1. The molecule has 6 nitrogen and oxygen atoms in total. The van der Waals surface area contributed by atoms with E-state index in [2.05, 4.69) is 10.1 Å². The second-order valence-corrected chi connectivity index (χ2v) is 4.64. The average molecular weight is 292 g/mol. The van der Waals surface area contributed by atoms with Gasteiger partial charge in [0.15, 0.2) is 0 Å². The van der Waals surface area contributed by atoms with E-state index in [0.717, 1.165) is 12.8 Å². The van der Waals surface area contributed by atoms with Crippen molar-refractivity contribution >= 4 is 17.8 Å². The lowest BCUT2D eigenvalue weighted by atomic mass is 10.1. The molecule has 0 heterocycles. The Labute approximate surface area is 123 Å². The predicted molar refractivity (Wildman–Crippen MR) is 77.8 cm³/mol. The molecule has 2 amide bonds. The zero-order valence-electron chi connectivity index (χ0n) is 12.2. The van der Waals surface area contributed by atoms with E-state index in [1.165, 1.54) is 13.2 Å². The molecule has 3 N–H and O–H groups in total. The SMILES string of the molecule is CCCC[C@H](NC(=O)c1cccc(C(=O)OC)c1)C(N)=O. The summed E-state index contributed by atoms with van der Waals surface area (Å²) >= 11 is 0. The smallest absolute Gasteiger partial charge is 0.337 e. The van der Waals surface area contributed by atoms with E-state index < -0.39 is 23.8 Å². The fourth-order valence-electron chi connectivity index (χ4n) is 1.84. The third-order valence-electron chi connectivity index (χ3n) is 3.04. The van der Waals surface area contributed by atoms with Gasteiger partial charge in [-0.2, -0.15) is 0 Å². The Hall–Kier alpha value is -2.37. The van der Waals surface area contributed by atoms with E-state index in [9.17, 15) is 14.4 Å². The van der Waals surface area contributed by atoms with Crippen LogP contribution in [0.1, 0.15) is 46.9 Å². The molecule has 114 valence electrons. The van der Waals surface area contributed by atoms with Crippen LogP contribution in [0.5, 0.6) is 0 Å². The minimum absolute atomic E-state index is 0.273. The van der Waals surface area contributed by atoms with Gasteiger partial charge in [-0.3, -0.25) is 9.59 Å². The third-order valence-corrected chi connectivity index (χ3v) is 3.04. The molecule has 1 atom stereocenters. The molecule has 0 aliphatic heterocycles. The number of rotatable bonds is 7. The van der Waals surface area contributed by atoms with Crippen molar-refractivity contribution in [3.63, 3.8) is 0 Å². The lowest BCUT2D eigenvalue weighted by Crippen LogP contribution is -2.44. The molecule has 0 bridgehead atoms. The van der Waals surface area contributed by atoms with Crippen molar-refractivity contribution < 1.29 is 19.1 Å². The summed E-state index contributed by atoms with van der Waals surface area (Å²) in [5.41, 5.74) is 5.83. The second kappa shape index (κ2) is 8.04. The molecule has 0 aromatic heterocycles. The van der Waals surface area contributed by atoms with Gasteiger partial charge in [0, 0.05) is 5.56 Å². The van der Waals surface area contributed by atoms with E-state index in [1.807, 2.05) is 6.92 Å². The van der Waals surface area contributed by atoms with Crippen molar-refractivity contribution in [1.29, 1.82) is 0 Å². The van der Waals surface area contributed by atoms with Crippen LogP contribution in [0.3, 0.4) is 0 Å². The van der Waals surface area contributed by atoms with Crippen molar-refractivity contribution in [3.8, 4) is 0 Å². The van der Waals surface area contributed by atoms with Crippen molar-refractivity contribution in [3.05, 3.63) is 35.4 Å². The normalized spacial score (nSPS) is 11.5. The number of ether oxygens (including phenoxy) is 1. The molecule has 0 aliphatic rings. The third kappa shape index (κ3) is 4.91. The number of methoxy groups -OCH3 is 1. The highest BCUT2D eigenvalue weighted by Gasteiger charge is 2.19. The molecular formula is C15H20N2O4. The van der Waals surface area contributed by atoms with Gasteiger partial charge in [-0.25, -0.2) is 4.79 Å². The number of nitrogens with two attached hydrogens (primary N) is 1. The highest BCUT2D eigenvalue weighted by atomic mass is 16.5. The van der Waals surface area contributed by atoms with E-state index in [4.69, 9.17) is 5.73 Å². The van der Waals surface area contributed by atoms with Gasteiger partial charge in [0.05, 0.1) is 12.7 Å². The molecule has 0 unspecified atom stereocenters. The second-order valence-electron chi connectivity index (χ2n) is 4.64. The van der Waals surface area contributed by atoms with Gasteiger partial charge in [0.2, 0.25) is 5.91 Å². The highest BCUT2D eigenvalue weighted by Crippen LogP contribution is 2.08. The van der Waals surface area contributed by atoms with Crippen molar-refractivity contribution in [2.75, 3.05) is 7.11 Å². The van der Waals surface area contributed by atoms with Gasteiger partial charge in [-0.1, -0.05) is 25.8 Å². The fourth-order valence-corrected chi connectivity index (χ4v) is 1.84. The zero-order chi connectivity index (χ0) is 15.8. The number of esters is 1. The fraction of sp³-hybridized carbons (Fsp3) is 0.400. The van der Waals surface area contributed by atoms with Gasteiger partial charge in [-0.05, 0) is 24.6 Å². The van der Waals surface area contributed by atoms with Gasteiger partial charge < -0.3 is 15.8 Å². The Kier molecular flexibility index (Phi) is 6.39. The Morgan fingerprint density at radius 3 is 2.52 bits per heavy atom. The summed E-state index contributed by atoms with van der Waals surface area (Å²) in [5, 5.41) is 2.59. The van der Waals surface area contributed by atoms with Crippen LogP contribution < -0.4 is 11.1 Å². The average Bonchev–Trinajstić information content (AvgIpc) is 2.50. The standard InChI is InChI=1S/C15H20N2O4/c1-3-4-8-12(13(16)18)17-14(19)10-6-5-7-11(9-10)15(20)21-2/h5-7,9,12H,3-4,8H2,1-2H3,(H2,16,18)(H,17,19)/t12-/m0/s1. The topological polar surface area (TPSA) is 98.5 Å². The summed E-state index contributed by atoms with van der Waals surface area (Å²) < 4.78 is 4.60. The molecule has 1 rings (SSSR count).